The molecule has 1 fully saturated rings. The quantitative estimate of drug-likeness (QED) is 0.559. The fourth-order valence-electron chi connectivity index (χ4n) is 3.06. The highest BCUT2D eigenvalue weighted by Gasteiger charge is 2.41. The minimum Gasteiger partial charge on any atom is -0.258 e. The molecule has 0 aromatic heterocycles. The van der Waals surface area contributed by atoms with Crippen LogP contribution in [0.1, 0.15) is 37.7 Å². The zero-order chi connectivity index (χ0) is 11.9. The Labute approximate surface area is 105 Å². The van der Waals surface area contributed by atoms with Gasteiger partial charge in [-0.2, -0.15) is 0 Å². The van der Waals surface area contributed by atoms with Gasteiger partial charge in [0, 0.05) is 21.3 Å². The molecule has 90 valence electrons. The van der Waals surface area contributed by atoms with Crippen LogP contribution in [0.2, 0.25) is 0 Å². The topological polar surface area (TPSA) is 43.1 Å². The molecule has 1 aromatic rings. The van der Waals surface area contributed by atoms with Gasteiger partial charge >= 0.3 is 0 Å². The number of nitrogens with zero attached hydrogens (tertiary/aromatic N) is 1. The molecule has 1 heterocycles. The van der Waals surface area contributed by atoms with Crippen LogP contribution in [0.4, 0.5) is 5.69 Å². The van der Waals surface area contributed by atoms with Crippen molar-refractivity contribution in [2.45, 2.75) is 48.2 Å². The second-order valence-corrected chi connectivity index (χ2v) is 6.54. The molecule has 2 aliphatic rings. The van der Waals surface area contributed by atoms with E-state index in [9.17, 15) is 10.1 Å². The maximum atomic E-state index is 11.0. The Morgan fingerprint density at radius 2 is 2.00 bits per heavy atom. The molecule has 4 heteroatoms. The van der Waals surface area contributed by atoms with Gasteiger partial charge in [0.05, 0.1) is 4.92 Å². The highest BCUT2D eigenvalue weighted by Crippen LogP contribution is 2.54. The summed E-state index contributed by atoms with van der Waals surface area (Å²) in [5, 5.41) is 11.0. The summed E-state index contributed by atoms with van der Waals surface area (Å²) in [5.41, 5.74) is 1.29. The summed E-state index contributed by atoms with van der Waals surface area (Å²) < 4.78 is 0.271. The molecule has 1 aromatic carbocycles. The minimum atomic E-state index is -0.235. The van der Waals surface area contributed by atoms with Gasteiger partial charge in [0.15, 0.2) is 0 Å². The first-order valence-electron chi connectivity index (χ1n) is 6.16. The van der Waals surface area contributed by atoms with Gasteiger partial charge in [0.25, 0.3) is 5.69 Å². The van der Waals surface area contributed by atoms with Crippen molar-refractivity contribution in [1.82, 2.24) is 0 Å². The summed E-state index contributed by atoms with van der Waals surface area (Å²) in [7, 11) is 0. The molecule has 1 saturated carbocycles. The Hall–Kier alpha value is -1.03. The van der Waals surface area contributed by atoms with E-state index in [-0.39, 0.29) is 9.67 Å². The van der Waals surface area contributed by atoms with Crippen molar-refractivity contribution in [3.8, 4) is 0 Å². The van der Waals surface area contributed by atoms with E-state index in [2.05, 4.69) is 0 Å². The van der Waals surface area contributed by atoms with Crippen LogP contribution < -0.4 is 0 Å². The van der Waals surface area contributed by atoms with E-state index in [1.807, 2.05) is 23.9 Å². The van der Waals surface area contributed by atoms with Crippen molar-refractivity contribution in [2.75, 3.05) is 0 Å². The smallest absolute Gasteiger partial charge is 0.258 e. The molecule has 0 radical (unpaired) electrons. The molecule has 0 bridgehead atoms. The van der Waals surface area contributed by atoms with Gasteiger partial charge in [-0.3, -0.25) is 10.1 Å². The molecular weight excluding hydrogens is 234 g/mol. The molecule has 0 saturated heterocycles. The number of hydrogen-bond donors (Lipinski definition) is 0. The molecule has 0 N–H and O–H groups in total. The molecule has 0 unspecified atom stereocenters. The van der Waals surface area contributed by atoms with Crippen LogP contribution in [0.5, 0.6) is 0 Å². The summed E-state index contributed by atoms with van der Waals surface area (Å²) >= 11 is 1.89. The van der Waals surface area contributed by atoms with Crippen LogP contribution in [0, 0.1) is 10.1 Å². The van der Waals surface area contributed by atoms with Crippen molar-refractivity contribution in [1.29, 1.82) is 0 Å². The fraction of sp³-hybridized carbons (Fsp3) is 0.538. The fourth-order valence-corrected chi connectivity index (χ4v) is 4.69. The van der Waals surface area contributed by atoms with Gasteiger partial charge in [-0.25, -0.2) is 0 Å². The lowest BCUT2D eigenvalue weighted by molar-refractivity contribution is -0.385. The lowest BCUT2D eigenvalue weighted by Crippen LogP contribution is -2.26. The van der Waals surface area contributed by atoms with Crippen molar-refractivity contribution in [2.24, 2.45) is 0 Å². The van der Waals surface area contributed by atoms with Gasteiger partial charge in [0.2, 0.25) is 0 Å². The van der Waals surface area contributed by atoms with E-state index in [0.717, 1.165) is 16.9 Å². The number of fused-ring (bicyclic) bond motifs is 1. The summed E-state index contributed by atoms with van der Waals surface area (Å²) in [4.78, 5) is 11.9. The molecule has 0 amide bonds. The van der Waals surface area contributed by atoms with Crippen molar-refractivity contribution in [3.63, 3.8) is 0 Å². The lowest BCUT2D eigenvalue weighted by atomic mass is 9.84. The highest BCUT2D eigenvalue weighted by atomic mass is 32.2. The first-order valence-corrected chi connectivity index (χ1v) is 6.97. The Balaban J connectivity index is 1.97. The molecule has 1 aliphatic carbocycles. The maximum Gasteiger partial charge on any atom is 0.273 e. The second kappa shape index (κ2) is 4.02. The van der Waals surface area contributed by atoms with Crippen molar-refractivity contribution < 1.29 is 4.92 Å². The van der Waals surface area contributed by atoms with Gasteiger partial charge in [-0.15, -0.1) is 11.8 Å². The standard InChI is InChI=1S/C13H15NO2S/c15-14(16)11-5-4-6-12-10(11)9-13(17-12)7-2-1-3-8-13/h4-6H,1-3,7-9H2. The average molecular weight is 249 g/mol. The van der Waals surface area contributed by atoms with Crippen LogP contribution in [-0.4, -0.2) is 9.67 Å². The number of nitro benzene ring substituents is 1. The van der Waals surface area contributed by atoms with Gasteiger partial charge in [0.1, 0.15) is 0 Å². The van der Waals surface area contributed by atoms with Crippen LogP contribution >= 0.6 is 11.8 Å². The number of hydrogen-bond acceptors (Lipinski definition) is 3. The summed E-state index contributed by atoms with van der Waals surface area (Å²) in [6.45, 7) is 0. The van der Waals surface area contributed by atoms with Gasteiger partial charge in [-0.05, 0) is 25.3 Å². The number of rotatable bonds is 1. The van der Waals surface area contributed by atoms with Crippen LogP contribution in [0.15, 0.2) is 23.1 Å². The summed E-state index contributed by atoms with van der Waals surface area (Å²) in [6, 6.07) is 5.49. The highest BCUT2D eigenvalue weighted by molar-refractivity contribution is 8.01. The minimum absolute atomic E-state index is 0.235. The maximum absolute atomic E-state index is 11.0. The normalized spacial score (nSPS) is 21.4. The predicted molar refractivity (Wildman–Crippen MR) is 68.5 cm³/mol. The molecule has 1 aliphatic heterocycles. The van der Waals surface area contributed by atoms with Crippen molar-refractivity contribution in [3.05, 3.63) is 33.9 Å². The van der Waals surface area contributed by atoms with Crippen LogP contribution in [-0.2, 0) is 6.42 Å². The van der Waals surface area contributed by atoms with E-state index in [1.54, 1.807) is 6.07 Å². The monoisotopic (exact) mass is 249 g/mol. The van der Waals surface area contributed by atoms with E-state index >= 15 is 0 Å². The zero-order valence-electron chi connectivity index (χ0n) is 9.65. The Kier molecular flexibility index (Phi) is 2.62. The largest absolute Gasteiger partial charge is 0.273 e. The Morgan fingerprint density at radius 3 is 2.71 bits per heavy atom. The third-order valence-corrected chi connectivity index (χ3v) is 5.48. The molecule has 17 heavy (non-hydrogen) atoms. The van der Waals surface area contributed by atoms with Gasteiger partial charge in [-0.1, -0.05) is 25.3 Å². The van der Waals surface area contributed by atoms with E-state index in [4.69, 9.17) is 0 Å². The van der Waals surface area contributed by atoms with E-state index < -0.39 is 0 Å². The first kappa shape index (κ1) is 11.1. The summed E-state index contributed by atoms with van der Waals surface area (Å²) in [5.74, 6) is 0. The molecule has 0 atom stereocenters. The van der Waals surface area contributed by atoms with E-state index in [1.165, 1.54) is 32.1 Å². The van der Waals surface area contributed by atoms with Crippen molar-refractivity contribution >= 4 is 17.4 Å². The number of benzene rings is 1. The zero-order valence-corrected chi connectivity index (χ0v) is 10.5. The number of nitro groups is 1. The average Bonchev–Trinajstić information content (AvgIpc) is 2.66. The SMILES string of the molecule is O=[N+]([O-])c1cccc2c1CC1(CCCCC1)S2. The van der Waals surface area contributed by atoms with E-state index in [0.29, 0.717) is 5.69 Å². The first-order chi connectivity index (χ1) is 8.20. The summed E-state index contributed by atoms with van der Waals surface area (Å²) in [6.07, 6.45) is 7.18. The number of thioether (sulfide) groups is 1. The third-order valence-electron chi connectivity index (χ3n) is 3.90. The predicted octanol–water partition coefficient (Wildman–Crippen LogP) is 3.95. The van der Waals surface area contributed by atoms with Crippen LogP contribution in [0.3, 0.4) is 0 Å². The second-order valence-electron chi connectivity index (χ2n) is 5.03. The van der Waals surface area contributed by atoms with Crippen LogP contribution in [0.25, 0.3) is 0 Å². The Bertz CT molecular complexity index is 466. The van der Waals surface area contributed by atoms with Gasteiger partial charge < -0.3 is 0 Å². The lowest BCUT2D eigenvalue weighted by Gasteiger charge is -2.31. The molecule has 3 rings (SSSR count). The molecular formula is C13H15NO2S. The molecule has 3 nitrogen and oxygen atoms in total. The Morgan fingerprint density at radius 1 is 1.24 bits per heavy atom. The third kappa shape index (κ3) is 1.84. The molecule has 1 spiro atoms.